The maximum atomic E-state index is 13.0. The van der Waals surface area contributed by atoms with E-state index in [-0.39, 0.29) is 35.2 Å². The molecule has 3 aliphatic rings. The minimum absolute atomic E-state index is 0.0144. The average molecular weight is 320 g/mol. The summed E-state index contributed by atoms with van der Waals surface area (Å²) in [6.07, 6.45) is 6.80. The van der Waals surface area contributed by atoms with Crippen molar-refractivity contribution in [1.29, 1.82) is 0 Å². The van der Waals surface area contributed by atoms with Crippen LogP contribution in [0.2, 0.25) is 0 Å². The van der Waals surface area contributed by atoms with Gasteiger partial charge >= 0.3 is 0 Å². The lowest BCUT2D eigenvalue weighted by Crippen LogP contribution is -2.61. The van der Waals surface area contributed by atoms with Crippen LogP contribution in [0.4, 0.5) is 0 Å². The molecule has 5 unspecified atom stereocenters. The molecule has 0 heterocycles. The Kier molecular flexibility index (Phi) is 4.04. The van der Waals surface area contributed by atoms with E-state index in [0.717, 1.165) is 37.7 Å². The average Bonchev–Trinajstić information content (AvgIpc) is 2.61. The van der Waals surface area contributed by atoms with Crippen molar-refractivity contribution in [2.75, 3.05) is 6.61 Å². The summed E-state index contributed by atoms with van der Waals surface area (Å²) in [4.78, 5) is 13.0. The van der Waals surface area contributed by atoms with Crippen LogP contribution in [0.25, 0.3) is 0 Å². The number of allylic oxidation sites excluding steroid dienone is 2. The van der Waals surface area contributed by atoms with Gasteiger partial charge in [0.2, 0.25) is 0 Å². The lowest BCUT2D eigenvalue weighted by atomic mass is 9.41. The Morgan fingerprint density at radius 1 is 1.17 bits per heavy atom. The summed E-state index contributed by atoms with van der Waals surface area (Å²) in [6, 6.07) is 0. The summed E-state index contributed by atoms with van der Waals surface area (Å²) in [6.45, 7) is 8.70. The molecule has 3 aliphatic carbocycles. The van der Waals surface area contributed by atoms with Crippen LogP contribution in [-0.2, 0) is 4.79 Å². The fraction of sp³-hybridized carbons (Fsp3) is 0.850. The maximum Gasteiger partial charge on any atom is 0.145 e. The Hall–Kier alpha value is -0.670. The lowest BCUT2D eigenvalue weighted by Gasteiger charge is -2.63. The number of hydrogen-bond donors (Lipinski definition) is 2. The van der Waals surface area contributed by atoms with Crippen molar-refractivity contribution in [3.63, 3.8) is 0 Å². The van der Waals surface area contributed by atoms with Gasteiger partial charge < -0.3 is 10.2 Å². The molecule has 2 fully saturated rings. The molecule has 23 heavy (non-hydrogen) atoms. The Morgan fingerprint density at radius 2 is 1.87 bits per heavy atom. The molecule has 0 aromatic carbocycles. The summed E-state index contributed by atoms with van der Waals surface area (Å²) in [7, 11) is 0. The first-order chi connectivity index (χ1) is 10.7. The number of carbonyl (C=O) groups is 1. The number of ketones is 1. The molecule has 2 N–H and O–H groups in total. The van der Waals surface area contributed by atoms with Crippen LogP contribution in [-0.4, -0.2) is 28.7 Å². The highest BCUT2D eigenvalue weighted by Gasteiger charge is 2.63. The van der Waals surface area contributed by atoms with Gasteiger partial charge in [-0.25, -0.2) is 0 Å². The molecule has 3 heteroatoms. The second-order valence-electron chi connectivity index (χ2n) is 9.23. The van der Waals surface area contributed by atoms with Crippen LogP contribution >= 0.6 is 0 Å². The van der Waals surface area contributed by atoms with Crippen molar-refractivity contribution in [3.8, 4) is 0 Å². The van der Waals surface area contributed by atoms with Crippen LogP contribution in [0.5, 0.6) is 0 Å². The summed E-state index contributed by atoms with van der Waals surface area (Å²) in [5.74, 6) is 0.832. The van der Waals surface area contributed by atoms with Crippen LogP contribution in [0.3, 0.4) is 0 Å². The highest BCUT2D eigenvalue weighted by Crippen LogP contribution is 2.65. The van der Waals surface area contributed by atoms with Crippen LogP contribution in [0.15, 0.2) is 11.6 Å². The zero-order valence-corrected chi connectivity index (χ0v) is 15.1. The minimum Gasteiger partial charge on any atom is -0.395 e. The predicted octanol–water partition coefficient (Wildman–Crippen LogP) is 3.49. The zero-order valence-electron chi connectivity index (χ0n) is 15.1. The third kappa shape index (κ3) is 2.26. The summed E-state index contributed by atoms with van der Waals surface area (Å²) in [5.41, 5.74) is 0.466. The Labute approximate surface area is 140 Å². The molecule has 0 radical (unpaired) electrons. The quantitative estimate of drug-likeness (QED) is 0.727. The fourth-order valence-electron chi connectivity index (χ4n) is 6.33. The standard InChI is InChI=1S/C20H32O3/c1-13-5-6-15-19(4)9-8-16(22)18(2,3)14(19)7-10-20(15,12-21)17(23)11-13/h5,14-16,21-22H,6-12H2,1-4H3. The molecule has 0 bridgehead atoms. The molecular weight excluding hydrogens is 288 g/mol. The SMILES string of the molecule is CC1=CCC2C(CO)(CCC3C(C)(C)C(O)CCC23C)C(=O)C1. The molecule has 5 atom stereocenters. The van der Waals surface area contributed by atoms with Crippen LogP contribution in [0.1, 0.15) is 66.2 Å². The zero-order chi connectivity index (χ0) is 17.0. The molecule has 0 aliphatic heterocycles. The van der Waals surface area contributed by atoms with Gasteiger partial charge in [0.05, 0.1) is 18.1 Å². The fourth-order valence-corrected chi connectivity index (χ4v) is 6.33. The first kappa shape index (κ1) is 17.2. The van der Waals surface area contributed by atoms with E-state index in [9.17, 15) is 15.0 Å². The van der Waals surface area contributed by atoms with Gasteiger partial charge in [-0.3, -0.25) is 4.79 Å². The van der Waals surface area contributed by atoms with E-state index >= 15 is 0 Å². The van der Waals surface area contributed by atoms with E-state index in [0.29, 0.717) is 12.3 Å². The van der Waals surface area contributed by atoms with Gasteiger partial charge in [0.1, 0.15) is 5.78 Å². The molecule has 0 aromatic heterocycles. The van der Waals surface area contributed by atoms with Crippen molar-refractivity contribution < 1.29 is 15.0 Å². The summed E-state index contributed by atoms with van der Waals surface area (Å²) in [5, 5.41) is 20.8. The predicted molar refractivity (Wildman–Crippen MR) is 90.9 cm³/mol. The van der Waals surface area contributed by atoms with Gasteiger partial charge in [0.25, 0.3) is 0 Å². The van der Waals surface area contributed by atoms with Gasteiger partial charge in [-0.05, 0) is 61.7 Å². The second-order valence-corrected chi connectivity index (χ2v) is 9.23. The summed E-state index contributed by atoms with van der Waals surface area (Å²) < 4.78 is 0. The van der Waals surface area contributed by atoms with Crippen molar-refractivity contribution >= 4 is 5.78 Å². The van der Waals surface area contributed by atoms with Crippen molar-refractivity contribution in [2.45, 2.75) is 72.3 Å². The van der Waals surface area contributed by atoms with E-state index in [1.54, 1.807) is 0 Å². The smallest absolute Gasteiger partial charge is 0.145 e. The van der Waals surface area contributed by atoms with Gasteiger partial charge in [-0.15, -0.1) is 0 Å². The monoisotopic (exact) mass is 320 g/mol. The molecule has 130 valence electrons. The van der Waals surface area contributed by atoms with E-state index in [2.05, 4.69) is 26.8 Å². The molecule has 0 saturated heterocycles. The highest BCUT2D eigenvalue weighted by atomic mass is 16.3. The number of carbonyl (C=O) groups excluding carboxylic acids is 1. The number of Topliss-reactive ketones (excluding diaryl/α,β-unsaturated/α-hetero) is 1. The van der Waals surface area contributed by atoms with E-state index in [4.69, 9.17) is 0 Å². The van der Waals surface area contributed by atoms with E-state index in [1.165, 1.54) is 0 Å². The second kappa shape index (κ2) is 5.42. The summed E-state index contributed by atoms with van der Waals surface area (Å²) >= 11 is 0. The third-order valence-electron chi connectivity index (χ3n) is 7.83. The molecule has 0 amide bonds. The third-order valence-corrected chi connectivity index (χ3v) is 7.83. The normalized spacial score (nSPS) is 46.4. The van der Waals surface area contributed by atoms with Crippen molar-refractivity contribution in [3.05, 3.63) is 11.6 Å². The number of aliphatic hydroxyl groups is 2. The Bertz CT molecular complexity index is 535. The maximum absolute atomic E-state index is 13.0. The van der Waals surface area contributed by atoms with Gasteiger partial charge in [0, 0.05) is 6.42 Å². The van der Waals surface area contributed by atoms with E-state index < -0.39 is 5.41 Å². The Balaban J connectivity index is 2.08. The van der Waals surface area contributed by atoms with Gasteiger partial charge in [-0.1, -0.05) is 32.4 Å². The molecule has 3 rings (SSSR count). The topological polar surface area (TPSA) is 57.5 Å². The van der Waals surface area contributed by atoms with Gasteiger partial charge in [0.15, 0.2) is 0 Å². The van der Waals surface area contributed by atoms with Gasteiger partial charge in [-0.2, -0.15) is 0 Å². The largest absolute Gasteiger partial charge is 0.395 e. The number of rotatable bonds is 1. The molecule has 0 aromatic rings. The number of hydrogen-bond acceptors (Lipinski definition) is 3. The molecule has 3 nitrogen and oxygen atoms in total. The lowest BCUT2D eigenvalue weighted by molar-refractivity contribution is -0.185. The van der Waals surface area contributed by atoms with Crippen molar-refractivity contribution in [1.82, 2.24) is 0 Å². The minimum atomic E-state index is -0.572. The van der Waals surface area contributed by atoms with Crippen LogP contribution in [0, 0.1) is 28.1 Å². The van der Waals surface area contributed by atoms with Crippen molar-refractivity contribution in [2.24, 2.45) is 28.1 Å². The first-order valence-corrected chi connectivity index (χ1v) is 9.16. The van der Waals surface area contributed by atoms with E-state index in [1.807, 2.05) is 6.92 Å². The molecule has 2 saturated carbocycles. The molecule has 0 spiro atoms. The Morgan fingerprint density at radius 3 is 2.52 bits per heavy atom. The first-order valence-electron chi connectivity index (χ1n) is 9.16. The number of fused-ring (bicyclic) bond motifs is 3. The number of aliphatic hydroxyl groups excluding tert-OH is 2. The van der Waals surface area contributed by atoms with Crippen LogP contribution < -0.4 is 0 Å². The highest BCUT2D eigenvalue weighted by molar-refractivity contribution is 5.88. The molecular formula is C20H32O3.